The van der Waals surface area contributed by atoms with Crippen LogP contribution in [-0.2, 0) is 29.4 Å². The standard InChI is InChI=1S/C40H39N3O11/c1-48-29-12-8-27(9-13-29)40(26-6-4-3-5-7-26,28-10-14-30(49-2)15-11-28)52-23-34-33(22-36(53-34)43-21-20-35(41)42-39(43)47)54-38(46)25-51-32-18-16-31(17-19-32)50-24-37(44)45/h3-21,33-34,36H,22-25H2,1-2H3,(H,44,45)(H2,41,42,47)/t33-,34+,36+/m0/s1. The number of rotatable bonds is 16. The Bertz CT molecular complexity index is 2020. The van der Waals surface area contributed by atoms with Gasteiger partial charge in [0.05, 0.1) is 20.8 Å². The van der Waals surface area contributed by atoms with Crippen molar-refractivity contribution in [1.29, 1.82) is 0 Å². The van der Waals surface area contributed by atoms with Crippen molar-refractivity contribution in [3.8, 4) is 23.0 Å². The molecule has 5 aromatic rings. The number of hydrogen-bond donors (Lipinski definition) is 2. The molecule has 0 spiro atoms. The third-order valence-electron chi connectivity index (χ3n) is 8.81. The molecule has 14 nitrogen and oxygen atoms in total. The average Bonchev–Trinajstić information content (AvgIpc) is 3.59. The molecule has 0 unspecified atom stereocenters. The Balaban J connectivity index is 1.29. The molecule has 1 aliphatic rings. The number of carbonyl (C=O) groups excluding carboxylic acids is 1. The molecule has 0 aliphatic carbocycles. The van der Waals surface area contributed by atoms with Crippen molar-refractivity contribution in [2.45, 2.75) is 30.5 Å². The summed E-state index contributed by atoms with van der Waals surface area (Å²) >= 11 is 0. The number of aliphatic carboxylic acids is 1. The topological polar surface area (TPSA) is 180 Å². The van der Waals surface area contributed by atoms with Gasteiger partial charge in [0.25, 0.3) is 0 Å². The minimum absolute atomic E-state index is 0.0577. The number of aromatic nitrogens is 2. The predicted octanol–water partition coefficient (Wildman–Crippen LogP) is 4.59. The van der Waals surface area contributed by atoms with Crippen LogP contribution in [0, 0.1) is 0 Å². The molecule has 6 rings (SSSR count). The van der Waals surface area contributed by atoms with Crippen molar-refractivity contribution >= 4 is 17.8 Å². The first-order valence-electron chi connectivity index (χ1n) is 16.9. The number of carbonyl (C=O) groups is 2. The molecule has 54 heavy (non-hydrogen) atoms. The average molecular weight is 738 g/mol. The number of nitrogens with zero attached hydrogens (tertiary/aromatic N) is 2. The van der Waals surface area contributed by atoms with E-state index in [1.165, 1.54) is 41.1 Å². The predicted molar refractivity (Wildman–Crippen MR) is 195 cm³/mol. The Kier molecular flexibility index (Phi) is 11.7. The van der Waals surface area contributed by atoms with Gasteiger partial charge in [0.1, 0.15) is 52.9 Å². The number of carboxylic acids is 1. The van der Waals surface area contributed by atoms with Crippen LogP contribution in [-0.4, -0.2) is 72.8 Å². The molecule has 2 heterocycles. The third-order valence-corrected chi connectivity index (χ3v) is 8.81. The molecule has 1 fully saturated rings. The monoisotopic (exact) mass is 737 g/mol. The van der Waals surface area contributed by atoms with Gasteiger partial charge in [-0.3, -0.25) is 4.57 Å². The minimum Gasteiger partial charge on any atom is -0.497 e. The maximum absolute atomic E-state index is 13.2. The van der Waals surface area contributed by atoms with Crippen LogP contribution in [0.4, 0.5) is 5.82 Å². The summed E-state index contributed by atoms with van der Waals surface area (Å²) in [5.41, 5.74) is 6.31. The number of benzene rings is 4. The molecule has 3 atom stereocenters. The van der Waals surface area contributed by atoms with Crippen molar-refractivity contribution in [2.75, 3.05) is 39.8 Å². The van der Waals surface area contributed by atoms with Gasteiger partial charge >= 0.3 is 17.6 Å². The van der Waals surface area contributed by atoms with E-state index in [2.05, 4.69) is 4.98 Å². The summed E-state index contributed by atoms with van der Waals surface area (Å²) in [5, 5.41) is 8.83. The van der Waals surface area contributed by atoms with Gasteiger partial charge in [0.2, 0.25) is 0 Å². The molecule has 0 amide bonds. The van der Waals surface area contributed by atoms with E-state index in [0.29, 0.717) is 23.0 Å². The zero-order valence-electron chi connectivity index (χ0n) is 29.5. The van der Waals surface area contributed by atoms with E-state index in [1.54, 1.807) is 14.2 Å². The first-order chi connectivity index (χ1) is 26.2. The van der Waals surface area contributed by atoms with Crippen molar-refractivity contribution in [3.05, 3.63) is 143 Å². The van der Waals surface area contributed by atoms with Gasteiger partial charge in [0.15, 0.2) is 13.2 Å². The van der Waals surface area contributed by atoms with Crippen LogP contribution >= 0.6 is 0 Å². The fourth-order valence-electron chi connectivity index (χ4n) is 6.19. The smallest absolute Gasteiger partial charge is 0.351 e. The minimum atomic E-state index is -1.20. The van der Waals surface area contributed by atoms with Crippen LogP contribution in [0.1, 0.15) is 29.3 Å². The van der Waals surface area contributed by atoms with Gasteiger partial charge in [-0.15, -0.1) is 0 Å². The molecule has 3 N–H and O–H groups in total. The lowest BCUT2D eigenvalue weighted by atomic mass is 9.80. The fraction of sp³-hybridized carbons (Fsp3) is 0.250. The molecule has 280 valence electrons. The Hall–Kier alpha value is -6.38. The highest BCUT2D eigenvalue weighted by atomic mass is 16.6. The van der Waals surface area contributed by atoms with Crippen LogP contribution in [0.5, 0.6) is 23.0 Å². The van der Waals surface area contributed by atoms with E-state index in [4.69, 9.17) is 44.0 Å². The first kappa shape index (κ1) is 37.4. The van der Waals surface area contributed by atoms with E-state index in [1.807, 2.05) is 78.9 Å². The molecule has 4 aromatic carbocycles. The van der Waals surface area contributed by atoms with E-state index in [9.17, 15) is 14.4 Å². The lowest BCUT2D eigenvalue weighted by molar-refractivity contribution is -0.158. The second-order valence-electron chi connectivity index (χ2n) is 12.2. The number of ether oxygens (including phenoxy) is 7. The largest absolute Gasteiger partial charge is 0.497 e. The molecule has 0 radical (unpaired) electrons. The van der Waals surface area contributed by atoms with Crippen molar-refractivity contribution < 1.29 is 47.9 Å². The molecule has 0 bridgehead atoms. The molecule has 1 aliphatic heterocycles. The molecule has 0 saturated carbocycles. The Morgan fingerprint density at radius 3 is 1.87 bits per heavy atom. The molecule has 1 saturated heterocycles. The number of esters is 1. The number of hydrogen-bond acceptors (Lipinski definition) is 12. The highest BCUT2D eigenvalue weighted by molar-refractivity contribution is 5.71. The van der Waals surface area contributed by atoms with E-state index in [0.717, 1.165) is 16.7 Å². The Labute approximate surface area is 310 Å². The van der Waals surface area contributed by atoms with Crippen molar-refractivity contribution in [3.63, 3.8) is 0 Å². The summed E-state index contributed by atoms with van der Waals surface area (Å²) in [6.45, 7) is -1.02. The van der Waals surface area contributed by atoms with Gasteiger partial charge in [-0.25, -0.2) is 14.4 Å². The van der Waals surface area contributed by atoms with Crippen LogP contribution < -0.4 is 30.4 Å². The van der Waals surface area contributed by atoms with E-state index >= 15 is 0 Å². The van der Waals surface area contributed by atoms with Crippen molar-refractivity contribution in [2.24, 2.45) is 0 Å². The zero-order chi connectivity index (χ0) is 38.1. The normalized spacial score (nSPS) is 16.7. The van der Waals surface area contributed by atoms with Crippen molar-refractivity contribution in [1.82, 2.24) is 9.55 Å². The Morgan fingerprint density at radius 2 is 1.33 bits per heavy atom. The van der Waals surface area contributed by atoms with E-state index in [-0.39, 0.29) is 18.8 Å². The van der Waals surface area contributed by atoms with Crippen LogP contribution in [0.15, 0.2) is 120 Å². The summed E-state index contributed by atoms with van der Waals surface area (Å²) < 4.78 is 42.4. The summed E-state index contributed by atoms with van der Waals surface area (Å²) in [4.78, 5) is 40.7. The van der Waals surface area contributed by atoms with Crippen LogP contribution in [0.2, 0.25) is 0 Å². The highest BCUT2D eigenvalue weighted by Crippen LogP contribution is 2.43. The number of nitrogen functional groups attached to an aromatic ring is 1. The molecule has 14 heteroatoms. The number of anilines is 1. The summed E-state index contributed by atoms with van der Waals surface area (Å²) in [6, 6.07) is 32.4. The Morgan fingerprint density at radius 1 is 0.796 bits per heavy atom. The molecular weight excluding hydrogens is 698 g/mol. The lowest BCUT2D eigenvalue weighted by Gasteiger charge is -2.37. The summed E-state index contributed by atoms with van der Waals surface area (Å²) in [6.07, 6.45) is -1.00. The number of carboxylic acid groups (broad SMARTS) is 1. The van der Waals surface area contributed by atoms with Gasteiger partial charge in [0, 0.05) is 12.6 Å². The maximum Gasteiger partial charge on any atom is 0.351 e. The maximum atomic E-state index is 13.2. The first-order valence-corrected chi connectivity index (χ1v) is 16.9. The second kappa shape index (κ2) is 17.0. The van der Waals surface area contributed by atoms with Gasteiger partial charge in [-0.05, 0) is 71.3 Å². The quantitative estimate of drug-likeness (QED) is 0.106. The van der Waals surface area contributed by atoms with Crippen LogP contribution in [0.25, 0.3) is 0 Å². The third kappa shape index (κ3) is 8.62. The SMILES string of the molecule is COc1ccc(C(OC[C@H]2O[C@@H](n3ccc(N)nc3=O)C[C@@H]2OC(=O)COc2ccc(OCC(=O)O)cc2)(c2ccccc2)c2ccc(OC)cc2)cc1. The van der Waals surface area contributed by atoms with Crippen LogP contribution in [0.3, 0.4) is 0 Å². The lowest BCUT2D eigenvalue weighted by Crippen LogP contribution is -2.39. The van der Waals surface area contributed by atoms with Gasteiger partial charge in [-0.1, -0.05) is 54.6 Å². The summed E-state index contributed by atoms with van der Waals surface area (Å²) in [5.74, 6) is 0.247. The zero-order valence-corrected chi connectivity index (χ0v) is 29.5. The summed E-state index contributed by atoms with van der Waals surface area (Å²) in [7, 11) is 3.19. The highest BCUT2D eigenvalue weighted by Gasteiger charge is 2.44. The fourth-order valence-corrected chi connectivity index (χ4v) is 6.19. The molecule has 1 aromatic heterocycles. The second-order valence-corrected chi connectivity index (χ2v) is 12.2. The van der Waals surface area contributed by atoms with Gasteiger partial charge < -0.3 is 44.0 Å². The number of nitrogens with two attached hydrogens (primary N) is 1. The van der Waals surface area contributed by atoms with E-state index < -0.39 is 54.9 Å². The number of methoxy groups -OCH3 is 2. The van der Waals surface area contributed by atoms with Gasteiger partial charge in [-0.2, -0.15) is 4.98 Å². The molecular formula is C40H39N3O11.